The summed E-state index contributed by atoms with van der Waals surface area (Å²) in [6, 6.07) is 12.9. The van der Waals surface area contributed by atoms with E-state index in [1.807, 2.05) is 24.3 Å². The fourth-order valence-corrected chi connectivity index (χ4v) is 4.02. The highest BCUT2D eigenvalue weighted by Crippen LogP contribution is 2.40. The van der Waals surface area contributed by atoms with Crippen molar-refractivity contribution in [1.29, 1.82) is 0 Å². The van der Waals surface area contributed by atoms with Crippen molar-refractivity contribution in [3.8, 4) is 10.7 Å². The van der Waals surface area contributed by atoms with Gasteiger partial charge in [-0.25, -0.2) is 4.98 Å². The molecule has 0 atom stereocenters. The predicted molar refractivity (Wildman–Crippen MR) is 93.2 cm³/mol. The fourth-order valence-electron chi connectivity index (χ4n) is 2.38. The Kier molecular flexibility index (Phi) is 3.18. The van der Waals surface area contributed by atoms with Gasteiger partial charge in [0.2, 0.25) is 0 Å². The van der Waals surface area contributed by atoms with Gasteiger partial charge in [0, 0.05) is 15.1 Å². The molecule has 2 heterocycles. The lowest BCUT2D eigenvalue weighted by Gasteiger charge is -2.02. The monoisotopic (exact) mass is 346 g/mol. The smallest absolute Gasteiger partial charge is 0.259 e. The van der Waals surface area contributed by atoms with Crippen molar-refractivity contribution >= 4 is 55.5 Å². The van der Waals surface area contributed by atoms with Crippen LogP contribution in [-0.2, 0) is 0 Å². The van der Waals surface area contributed by atoms with E-state index in [1.54, 1.807) is 18.2 Å². The van der Waals surface area contributed by atoms with Crippen molar-refractivity contribution in [1.82, 2.24) is 9.97 Å². The molecule has 0 aliphatic rings. The first-order chi connectivity index (χ1) is 10.6. The number of aromatic amines is 1. The molecule has 0 bridgehead atoms. The average Bonchev–Trinajstić information content (AvgIpc) is 2.85. The zero-order valence-electron chi connectivity index (χ0n) is 11.1. The quantitative estimate of drug-likeness (QED) is 0.520. The van der Waals surface area contributed by atoms with Gasteiger partial charge in [-0.05, 0) is 24.3 Å². The molecule has 0 unspecified atom stereocenters. The lowest BCUT2D eigenvalue weighted by atomic mass is 10.2. The van der Waals surface area contributed by atoms with Crippen LogP contribution < -0.4 is 5.56 Å². The molecule has 0 amide bonds. The van der Waals surface area contributed by atoms with Crippen LogP contribution in [0.4, 0.5) is 0 Å². The van der Waals surface area contributed by atoms with Crippen LogP contribution >= 0.6 is 34.5 Å². The molecule has 0 spiro atoms. The summed E-state index contributed by atoms with van der Waals surface area (Å²) in [6.45, 7) is 0. The first-order valence-electron chi connectivity index (χ1n) is 6.50. The summed E-state index contributed by atoms with van der Waals surface area (Å²) in [5.74, 6) is 0.478. The first-order valence-corrected chi connectivity index (χ1v) is 8.08. The number of nitrogens with zero attached hydrogens (tertiary/aromatic N) is 1. The van der Waals surface area contributed by atoms with Crippen LogP contribution in [0.2, 0.25) is 10.0 Å². The molecule has 6 heteroatoms. The molecule has 0 aliphatic carbocycles. The molecule has 0 saturated carbocycles. The van der Waals surface area contributed by atoms with Gasteiger partial charge in [-0.15, -0.1) is 11.3 Å². The Balaban J connectivity index is 2.02. The molecule has 1 N–H and O–H groups in total. The van der Waals surface area contributed by atoms with E-state index in [9.17, 15) is 4.79 Å². The Labute approximate surface area is 139 Å². The molecular formula is C16H8Cl2N2OS. The van der Waals surface area contributed by atoms with Crippen LogP contribution in [0.1, 0.15) is 0 Å². The highest BCUT2D eigenvalue weighted by atomic mass is 35.5. The molecule has 2 aromatic heterocycles. The van der Waals surface area contributed by atoms with Crippen molar-refractivity contribution in [3.63, 3.8) is 0 Å². The summed E-state index contributed by atoms with van der Waals surface area (Å²) in [4.78, 5) is 20.3. The third-order valence-electron chi connectivity index (χ3n) is 3.42. The third-order valence-corrected chi connectivity index (χ3v) is 5.33. The fraction of sp³-hybridized carbons (Fsp3) is 0. The van der Waals surface area contributed by atoms with E-state index in [4.69, 9.17) is 23.2 Å². The molecule has 3 nitrogen and oxygen atoms in total. The van der Waals surface area contributed by atoms with Crippen molar-refractivity contribution < 1.29 is 0 Å². The van der Waals surface area contributed by atoms with Crippen LogP contribution in [0.5, 0.6) is 0 Å². The maximum atomic E-state index is 12.3. The van der Waals surface area contributed by atoms with E-state index in [0.717, 1.165) is 15.0 Å². The number of hydrogen-bond acceptors (Lipinski definition) is 3. The topological polar surface area (TPSA) is 45.8 Å². The van der Waals surface area contributed by atoms with Gasteiger partial charge in [-0.2, -0.15) is 0 Å². The normalized spacial score (nSPS) is 11.4. The van der Waals surface area contributed by atoms with Gasteiger partial charge in [0.25, 0.3) is 5.56 Å². The van der Waals surface area contributed by atoms with Crippen molar-refractivity contribution in [2.45, 2.75) is 0 Å². The van der Waals surface area contributed by atoms with E-state index in [-0.39, 0.29) is 5.56 Å². The van der Waals surface area contributed by atoms with Crippen LogP contribution in [0.15, 0.2) is 47.3 Å². The lowest BCUT2D eigenvalue weighted by molar-refractivity contribution is 1.19. The third kappa shape index (κ3) is 2.11. The second-order valence-electron chi connectivity index (χ2n) is 4.82. The van der Waals surface area contributed by atoms with Gasteiger partial charge in [0.15, 0.2) is 5.82 Å². The predicted octanol–water partition coefficient (Wildman–Crippen LogP) is 5.11. The maximum Gasteiger partial charge on any atom is 0.259 e. The van der Waals surface area contributed by atoms with Crippen molar-refractivity contribution in [2.24, 2.45) is 0 Å². The molecular weight excluding hydrogens is 339 g/mol. The number of benzene rings is 2. The van der Waals surface area contributed by atoms with Crippen molar-refractivity contribution in [3.05, 3.63) is 62.9 Å². The molecule has 4 aromatic rings. The lowest BCUT2D eigenvalue weighted by Crippen LogP contribution is -2.09. The Bertz CT molecular complexity index is 1080. The van der Waals surface area contributed by atoms with E-state index in [2.05, 4.69) is 9.97 Å². The summed E-state index contributed by atoms with van der Waals surface area (Å²) >= 11 is 13.9. The molecule has 0 radical (unpaired) electrons. The van der Waals surface area contributed by atoms with Crippen LogP contribution in [0.3, 0.4) is 0 Å². The standard InChI is InChI=1S/C16H8Cl2N2OS/c17-8-5-6-11-10(7-8)16(21)20-15(19-11)14-13(18)9-3-1-2-4-12(9)22-14/h1-7H,(H,19,20,21). The maximum absolute atomic E-state index is 12.3. The van der Waals surface area contributed by atoms with E-state index >= 15 is 0 Å². The van der Waals surface area contributed by atoms with Gasteiger partial charge < -0.3 is 4.98 Å². The molecule has 4 rings (SSSR count). The number of aromatic nitrogens is 2. The molecule has 2 aromatic carbocycles. The molecule has 0 saturated heterocycles. The summed E-state index contributed by atoms with van der Waals surface area (Å²) in [7, 11) is 0. The van der Waals surface area contributed by atoms with Crippen LogP contribution in [0.25, 0.3) is 31.7 Å². The minimum absolute atomic E-state index is 0.226. The number of rotatable bonds is 1. The molecule has 0 aliphatic heterocycles. The highest BCUT2D eigenvalue weighted by Gasteiger charge is 2.15. The number of nitrogens with one attached hydrogen (secondary N) is 1. The van der Waals surface area contributed by atoms with Gasteiger partial charge >= 0.3 is 0 Å². The number of hydrogen-bond donors (Lipinski definition) is 1. The Morgan fingerprint density at radius 2 is 1.86 bits per heavy atom. The number of thiophene rings is 1. The number of fused-ring (bicyclic) bond motifs is 2. The minimum atomic E-state index is -0.226. The van der Waals surface area contributed by atoms with Gasteiger partial charge in [-0.3, -0.25) is 4.79 Å². The number of H-pyrrole nitrogens is 1. The van der Waals surface area contributed by atoms with E-state index in [0.29, 0.717) is 26.8 Å². The second-order valence-corrected chi connectivity index (χ2v) is 6.68. The van der Waals surface area contributed by atoms with Crippen LogP contribution in [0, 0.1) is 0 Å². The largest absolute Gasteiger partial charge is 0.305 e. The van der Waals surface area contributed by atoms with Gasteiger partial charge in [-0.1, -0.05) is 41.4 Å². The summed E-state index contributed by atoms with van der Waals surface area (Å²) in [5.41, 5.74) is 0.368. The number of halogens is 2. The molecule has 0 fully saturated rings. The zero-order chi connectivity index (χ0) is 15.3. The molecule has 22 heavy (non-hydrogen) atoms. The Morgan fingerprint density at radius 1 is 1.05 bits per heavy atom. The zero-order valence-corrected chi connectivity index (χ0v) is 13.4. The minimum Gasteiger partial charge on any atom is -0.305 e. The average molecular weight is 347 g/mol. The Morgan fingerprint density at radius 3 is 2.68 bits per heavy atom. The van der Waals surface area contributed by atoms with E-state index in [1.165, 1.54) is 11.3 Å². The summed E-state index contributed by atoms with van der Waals surface area (Å²) < 4.78 is 1.06. The van der Waals surface area contributed by atoms with Crippen LogP contribution in [-0.4, -0.2) is 9.97 Å². The second kappa shape index (κ2) is 5.09. The molecule has 108 valence electrons. The van der Waals surface area contributed by atoms with Crippen molar-refractivity contribution in [2.75, 3.05) is 0 Å². The summed E-state index contributed by atoms with van der Waals surface area (Å²) in [5, 5.41) is 2.54. The van der Waals surface area contributed by atoms with Gasteiger partial charge in [0.05, 0.1) is 20.8 Å². The van der Waals surface area contributed by atoms with E-state index < -0.39 is 0 Å². The highest BCUT2D eigenvalue weighted by molar-refractivity contribution is 7.23. The first kappa shape index (κ1) is 13.8. The van der Waals surface area contributed by atoms with Gasteiger partial charge in [0.1, 0.15) is 0 Å². The Hall–Kier alpha value is -1.88. The summed E-state index contributed by atoms with van der Waals surface area (Å²) in [6.07, 6.45) is 0. The SMILES string of the molecule is O=c1[nH]c(-c2sc3ccccc3c2Cl)nc2ccc(Cl)cc12.